The van der Waals surface area contributed by atoms with E-state index < -0.39 is 5.92 Å². The van der Waals surface area contributed by atoms with E-state index in [0.29, 0.717) is 66.0 Å². The van der Waals surface area contributed by atoms with Crippen LogP contribution in [0.5, 0.6) is 0 Å². The largest absolute Gasteiger partial charge is 0.395 e. The molecular weight excluding hydrogens is 402 g/mol. The summed E-state index contributed by atoms with van der Waals surface area (Å²) < 4.78 is 27.8. The molecule has 1 aromatic rings. The molecule has 31 heavy (non-hydrogen) atoms. The number of piperidine rings is 1. The van der Waals surface area contributed by atoms with E-state index in [9.17, 15) is 8.78 Å². The van der Waals surface area contributed by atoms with E-state index in [2.05, 4.69) is 4.98 Å². The van der Waals surface area contributed by atoms with Crippen molar-refractivity contribution >= 4 is 17.2 Å². The highest BCUT2D eigenvalue weighted by atomic mass is 19.3. The number of anilines is 1. The van der Waals surface area contributed by atoms with E-state index in [0.717, 1.165) is 12.8 Å². The van der Waals surface area contributed by atoms with Crippen LogP contribution < -0.4 is 22.3 Å². The Hall–Kier alpha value is -2.46. The minimum absolute atomic E-state index is 0.0797. The molecule has 2 fully saturated rings. The first-order valence-electron chi connectivity index (χ1n) is 10.8. The molecule has 0 radical (unpaired) electrons. The lowest BCUT2D eigenvalue weighted by molar-refractivity contribution is -0.0117. The highest BCUT2D eigenvalue weighted by molar-refractivity contribution is 5.79. The minimum Gasteiger partial charge on any atom is -0.395 e. The Morgan fingerprint density at radius 3 is 2.61 bits per heavy atom. The zero-order chi connectivity index (χ0) is 22.8. The molecule has 0 spiro atoms. The van der Waals surface area contributed by atoms with Crippen LogP contribution in [0.15, 0.2) is 17.8 Å². The van der Waals surface area contributed by atoms with Crippen LogP contribution in [0.3, 0.4) is 0 Å². The van der Waals surface area contributed by atoms with E-state index >= 15 is 0 Å². The zero-order valence-electron chi connectivity index (χ0n) is 18.4. The van der Waals surface area contributed by atoms with Gasteiger partial charge in [0.15, 0.2) is 0 Å². The van der Waals surface area contributed by atoms with Gasteiger partial charge < -0.3 is 15.6 Å². The molecule has 0 unspecified atom stereocenters. The first-order chi connectivity index (χ1) is 14.6. The van der Waals surface area contributed by atoms with Crippen molar-refractivity contribution in [3.8, 4) is 0 Å². The fourth-order valence-corrected chi connectivity index (χ4v) is 3.87. The molecule has 8 nitrogen and oxygen atoms in total. The third-order valence-electron chi connectivity index (χ3n) is 5.88. The van der Waals surface area contributed by atoms with Crippen LogP contribution in [-0.4, -0.2) is 53.4 Å². The van der Waals surface area contributed by atoms with Crippen molar-refractivity contribution in [2.45, 2.75) is 51.4 Å². The molecule has 7 N–H and O–H groups in total. The summed E-state index contributed by atoms with van der Waals surface area (Å²) in [4.78, 5) is 6.37. The quantitative estimate of drug-likeness (QED) is 0.213. The van der Waals surface area contributed by atoms with Gasteiger partial charge in [0.2, 0.25) is 0 Å². The van der Waals surface area contributed by atoms with E-state index in [4.69, 9.17) is 22.8 Å². The summed E-state index contributed by atoms with van der Waals surface area (Å²) in [6.45, 7) is 2.40. The molecule has 0 amide bonds. The van der Waals surface area contributed by atoms with E-state index in [-0.39, 0.29) is 19.5 Å². The number of nitrogens with zero attached hydrogens (tertiary/aromatic N) is 4. The van der Waals surface area contributed by atoms with Gasteiger partial charge in [-0.15, -0.1) is 0 Å². The van der Waals surface area contributed by atoms with Gasteiger partial charge in [-0.2, -0.15) is 0 Å². The lowest BCUT2D eigenvalue weighted by Crippen LogP contribution is -2.43. The van der Waals surface area contributed by atoms with Crippen LogP contribution in [0, 0.1) is 11.3 Å². The number of nitrogens with one attached hydrogen (secondary N) is 1. The van der Waals surface area contributed by atoms with Gasteiger partial charge in [-0.1, -0.05) is 6.92 Å². The molecular formula is C21H34F2N8. The summed E-state index contributed by atoms with van der Waals surface area (Å²) in [5.41, 5.74) is 9.23. The Kier molecular flexibility index (Phi) is 7.00. The average molecular weight is 437 g/mol. The van der Waals surface area contributed by atoms with Crippen LogP contribution >= 0.6 is 0 Å². The number of hydrogen-bond donors (Lipinski definition) is 4. The standard InChI is InChI=1S/C21H34F2N8/c1-3-15-17(30-10-4-9-21(22,23)13-30)8-7-16(28-15)20(25)18(29(2)26)12-31(27)19(24)11-14-5-6-14/h7-8,14,24H,3-6,9-13,25-27H2,1-2H3/b20-18-,24-19?. The van der Waals surface area contributed by atoms with Gasteiger partial charge in [-0.25, -0.2) is 25.5 Å². The maximum atomic E-state index is 13.9. The lowest BCUT2D eigenvalue weighted by Gasteiger charge is -2.35. The molecule has 172 valence electrons. The van der Waals surface area contributed by atoms with Crippen LogP contribution in [0.25, 0.3) is 5.70 Å². The minimum atomic E-state index is -2.69. The maximum absolute atomic E-state index is 13.9. The van der Waals surface area contributed by atoms with Crippen LogP contribution in [0.1, 0.15) is 50.4 Å². The van der Waals surface area contributed by atoms with Crippen molar-refractivity contribution in [2.24, 2.45) is 23.3 Å². The highest BCUT2D eigenvalue weighted by Crippen LogP contribution is 2.33. The maximum Gasteiger partial charge on any atom is 0.265 e. The fraction of sp³-hybridized carbons (Fsp3) is 0.619. The van der Waals surface area contributed by atoms with Crippen LogP contribution in [-0.2, 0) is 6.42 Å². The van der Waals surface area contributed by atoms with Gasteiger partial charge in [0.1, 0.15) is 5.84 Å². The number of aromatic nitrogens is 1. The Morgan fingerprint density at radius 1 is 1.32 bits per heavy atom. The highest BCUT2D eigenvalue weighted by Gasteiger charge is 2.36. The smallest absolute Gasteiger partial charge is 0.265 e. The molecule has 1 saturated carbocycles. The molecule has 1 saturated heterocycles. The summed E-state index contributed by atoms with van der Waals surface area (Å²) in [5.74, 6) is 10.3. The number of likely N-dealkylation sites (N-methyl/N-ethyl adjacent to an activating group) is 1. The van der Waals surface area contributed by atoms with Crippen molar-refractivity contribution in [1.82, 2.24) is 15.0 Å². The summed E-state index contributed by atoms with van der Waals surface area (Å²) in [7, 11) is 1.66. The molecule has 3 rings (SSSR count). The lowest BCUT2D eigenvalue weighted by atomic mass is 10.1. The number of amidine groups is 1. The second kappa shape index (κ2) is 9.35. The van der Waals surface area contributed by atoms with E-state index in [1.807, 2.05) is 6.92 Å². The Bertz CT molecular complexity index is 835. The number of halogens is 2. The predicted molar refractivity (Wildman–Crippen MR) is 119 cm³/mol. The first-order valence-corrected chi connectivity index (χ1v) is 10.8. The van der Waals surface area contributed by atoms with Crippen molar-refractivity contribution in [3.05, 3.63) is 29.2 Å². The molecule has 0 atom stereocenters. The normalized spacial score (nSPS) is 19.1. The van der Waals surface area contributed by atoms with Crippen LogP contribution in [0.4, 0.5) is 14.5 Å². The van der Waals surface area contributed by atoms with Gasteiger partial charge in [0.05, 0.1) is 41.6 Å². The van der Waals surface area contributed by atoms with Crippen LogP contribution in [0.2, 0.25) is 0 Å². The Morgan fingerprint density at radius 2 is 2.03 bits per heavy atom. The number of rotatable bonds is 8. The number of alkyl halides is 2. The Balaban J connectivity index is 1.84. The number of pyridine rings is 1. The predicted octanol–water partition coefficient (Wildman–Crippen LogP) is 2.27. The molecule has 2 aliphatic rings. The number of nitrogens with two attached hydrogens (primary N) is 3. The van der Waals surface area contributed by atoms with Gasteiger partial charge in [-0.05, 0) is 43.7 Å². The van der Waals surface area contributed by atoms with Crippen molar-refractivity contribution in [3.63, 3.8) is 0 Å². The summed E-state index contributed by atoms with van der Waals surface area (Å²) in [5, 5.41) is 10.9. The summed E-state index contributed by atoms with van der Waals surface area (Å²) in [6.07, 6.45) is 3.87. The van der Waals surface area contributed by atoms with Gasteiger partial charge in [0, 0.05) is 26.4 Å². The first kappa shape index (κ1) is 23.2. The van der Waals surface area contributed by atoms with Gasteiger partial charge in [-0.3, -0.25) is 10.4 Å². The van der Waals surface area contributed by atoms with Crippen molar-refractivity contribution < 1.29 is 8.78 Å². The van der Waals surface area contributed by atoms with Crippen molar-refractivity contribution in [2.75, 3.05) is 31.6 Å². The van der Waals surface area contributed by atoms with Gasteiger partial charge in [0.25, 0.3) is 5.92 Å². The third kappa shape index (κ3) is 5.82. The third-order valence-corrected chi connectivity index (χ3v) is 5.88. The summed E-state index contributed by atoms with van der Waals surface area (Å²) in [6, 6.07) is 3.54. The number of aryl methyl sites for hydroxylation is 1. The number of hydrogen-bond acceptors (Lipinski definition) is 7. The molecule has 1 aromatic heterocycles. The fourth-order valence-electron chi connectivity index (χ4n) is 3.87. The van der Waals surface area contributed by atoms with E-state index in [1.165, 1.54) is 10.0 Å². The molecule has 0 aromatic carbocycles. The van der Waals surface area contributed by atoms with Crippen molar-refractivity contribution in [1.29, 1.82) is 5.41 Å². The number of hydrazine groups is 2. The van der Waals surface area contributed by atoms with E-state index in [1.54, 1.807) is 24.1 Å². The average Bonchev–Trinajstić information content (AvgIpc) is 3.53. The SMILES string of the molecule is CCc1nc(/C(N)=C(\CN(N)C(=N)CC2CC2)N(C)N)ccc1N1CCCC(F)(F)C1. The Labute approximate surface area is 182 Å². The topological polar surface area (TPSA) is 125 Å². The molecule has 2 heterocycles. The summed E-state index contributed by atoms with van der Waals surface area (Å²) >= 11 is 0. The zero-order valence-corrected chi connectivity index (χ0v) is 18.4. The molecule has 10 heteroatoms. The molecule has 0 bridgehead atoms. The monoisotopic (exact) mass is 436 g/mol. The second-order valence-electron chi connectivity index (χ2n) is 8.59. The molecule has 1 aliphatic carbocycles. The molecule has 1 aliphatic heterocycles. The van der Waals surface area contributed by atoms with Gasteiger partial charge >= 0.3 is 0 Å². The second-order valence-corrected chi connectivity index (χ2v) is 8.59.